The van der Waals surface area contributed by atoms with E-state index in [9.17, 15) is 9.18 Å². The van der Waals surface area contributed by atoms with Crippen molar-refractivity contribution in [2.45, 2.75) is 0 Å². The van der Waals surface area contributed by atoms with E-state index in [1.807, 2.05) is 0 Å². The second-order valence-corrected chi connectivity index (χ2v) is 3.13. The molecule has 1 N–H and O–H groups in total. The Labute approximate surface area is 74.3 Å². The van der Waals surface area contributed by atoms with Crippen molar-refractivity contribution in [2.24, 2.45) is 0 Å². The Kier molecular flexibility index (Phi) is 1.54. The van der Waals surface area contributed by atoms with Crippen molar-refractivity contribution in [3.05, 3.63) is 33.0 Å². The lowest BCUT2D eigenvalue weighted by Crippen LogP contribution is -1.93. The molecular weight excluding hydrogens is 229 g/mol. The lowest BCUT2D eigenvalue weighted by molar-refractivity contribution is 0.550. The van der Waals surface area contributed by atoms with Crippen LogP contribution in [-0.2, 0) is 0 Å². The summed E-state index contributed by atoms with van der Waals surface area (Å²) in [5.41, 5.74) is 0.688. The van der Waals surface area contributed by atoms with E-state index >= 15 is 0 Å². The molecule has 0 aliphatic carbocycles. The average Bonchev–Trinajstić information content (AvgIpc) is 2.29. The van der Waals surface area contributed by atoms with Crippen LogP contribution in [0.5, 0.6) is 0 Å². The van der Waals surface area contributed by atoms with Gasteiger partial charge in [-0.05, 0) is 22.0 Å². The molecule has 0 radical (unpaired) electrons. The van der Waals surface area contributed by atoms with Crippen LogP contribution >= 0.6 is 15.9 Å². The van der Waals surface area contributed by atoms with Crippen LogP contribution in [-0.4, -0.2) is 4.98 Å². The molecule has 62 valence electrons. The zero-order valence-corrected chi connectivity index (χ0v) is 7.31. The van der Waals surface area contributed by atoms with Gasteiger partial charge >= 0.3 is 5.76 Å². The maximum Gasteiger partial charge on any atom is 0.417 e. The molecule has 0 saturated heterocycles. The Balaban J connectivity index is 2.97. The number of aromatic amines is 1. The van der Waals surface area contributed by atoms with Crippen LogP contribution in [0.3, 0.4) is 0 Å². The first-order valence-electron chi connectivity index (χ1n) is 3.15. The van der Waals surface area contributed by atoms with Crippen LogP contribution in [0.2, 0.25) is 0 Å². The maximum absolute atomic E-state index is 12.7. The number of H-pyrrole nitrogens is 1. The summed E-state index contributed by atoms with van der Waals surface area (Å²) < 4.78 is 17.8. The molecule has 0 fully saturated rings. The average molecular weight is 232 g/mol. The van der Waals surface area contributed by atoms with Crippen LogP contribution in [0.15, 0.2) is 25.8 Å². The predicted molar refractivity (Wildman–Crippen MR) is 44.5 cm³/mol. The minimum absolute atomic E-state index is 0.215. The first-order chi connectivity index (χ1) is 5.66. The maximum atomic E-state index is 12.7. The molecule has 5 heteroatoms. The summed E-state index contributed by atoms with van der Waals surface area (Å²) in [6.45, 7) is 0. The third kappa shape index (κ3) is 1.06. The molecule has 2 aromatic rings. The second-order valence-electron chi connectivity index (χ2n) is 2.28. The van der Waals surface area contributed by atoms with Crippen molar-refractivity contribution in [3.8, 4) is 0 Å². The van der Waals surface area contributed by atoms with Crippen LogP contribution in [0.1, 0.15) is 0 Å². The van der Waals surface area contributed by atoms with Gasteiger partial charge in [0.2, 0.25) is 0 Å². The molecule has 0 amide bonds. The number of oxazole rings is 1. The van der Waals surface area contributed by atoms with Crippen molar-refractivity contribution >= 4 is 27.0 Å². The van der Waals surface area contributed by atoms with Crippen molar-refractivity contribution in [2.75, 3.05) is 0 Å². The van der Waals surface area contributed by atoms with E-state index < -0.39 is 11.6 Å². The number of hydrogen-bond donors (Lipinski definition) is 1. The van der Waals surface area contributed by atoms with E-state index in [1.165, 1.54) is 6.07 Å². The Morgan fingerprint density at radius 3 is 3.00 bits per heavy atom. The number of aromatic nitrogens is 1. The first kappa shape index (κ1) is 7.54. The van der Waals surface area contributed by atoms with Gasteiger partial charge in [0.1, 0.15) is 11.3 Å². The van der Waals surface area contributed by atoms with Crippen LogP contribution < -0.4 is 5.76 Å². The largest absolute Gasteiger partial charge is 0.417 e. The van der Waals surface area contributed by atoms with Crippen LogP contribution in [0.25, 0.3) is 11.1 Å². The van der Waals surface area contributed by atoms with E-state index in [4.69, 9.17) is 0 Å². The van der Waals surface area contributed by atoms with Crippen molar-refractivity contribution < 1.29 is 8.81 Å². The standard InChI is InChI=1S/C7H3BrFNO2/c8-4-1-3(9)2-5-6(4)10-7(11)12-5/h1-2H,(H,10,11). The van der Waals surface area contributed by atoms with E-state index in [-0.39, 0.29) is 5.58 Å². The third-order valence-corrected chi connectivity index (χ3v) is 2.07. The van der Waals surface area contributed by atoms with Crippen molar-refractivity contribution in [1.29, 1.82) is 0 Å². The molecular formula is C7H3BrFNO2. The normalized spacial score (nSPS) is 10.8. The van der Waals surface area contributed by atoms with E-state index in [0.29, 0.717) is 9.99 Å². The molecule has 0 unspecified atom stereocenters. The van der Waals surface area contributed by atoms with Gasteiger partial charge in [-0.1, -0.05) is 0 Å². The molecule has 1 aromatic carbocycles. The zero-order chi connectivity index (χ0) is 8.72. The van der Waals surface area contributed by atoms with Crippen molar-refractivity contribution in [3.63, 3.8) is 0 Å². The van der Waals surface area contributed by atoms with E-state index in [0.717, 1.165) is 6.07 Å². The molecule has 2 rings (SSSR count). The summed E-state index contributed by atoms with van der Waals surface area (Å²) in [4.78, 5) is 13.1. The Bertz CT molecular complexity index is 488. The van der Waals surface area contributed by atoms with E-state index in [1.54, 1.807) is 0 Å². The van der Waals surface area contributed by atoms with Gasteiger partial charge in [0.15, 0.2) is 5.58 Å². The zero-order valence-electron chi connectivity index (χ0n) is 5.73. The van der Waals surface area contributed by atoms with Gasteiger partial charge in [-0.25, -0.2) is 9.18 Å². The van der Waals surface area contributed by atoms with Crippen LogP contribution in [0.4, 0.5) is 4.39 Å². The molecule has 3 nitrogen and oxygen atoms in total. The molecule has 1 aromatic heterocycles. The van der Waals surface area contributed by atoms with Gasteiger partial charge in [0.25, 0.3) is 0 Å². The lowest BCUT2D eigenvalue weighted by Gasteiger charge is -1.91. The highest BCUT2D eigenvalue weighted by Gasteiger charge is 2.06. The summed E-state index contributed by atoms with van der Waals surface area (Å²) in [6, 6.07) is 2.41. The fourth-order valence-corrected chi connectivity index (χ4v) is 1.49. The predicted octanol–water partition coefficient (Wildman–Crippen LogP) is 2.02. The fourth-order valence-electron chi connectivity index (χ4n) is 0.979. The van der Waals surface area contributed by atoms with Gasteiger partial charge in [-0.2, -0.15) is 0 Å². The molecule has 12 heavy (non-hydrogen) atoms. The minimum Gasteiger partial charge on any atom is -0.408 e. The highest BCUT2D eigenvalue weighted by molar-refractivity contribution is 9.10. The number of rotatable bonds is 0. The Morgan fingerprint density at radius 2 is 2.25 bits per heavy atom. The minimum atomic E-state index is -0.587. The number of fused-ring (bicyclic) bond motifs is 1. The Hall–Kier alpha value is -1.10. The molecule has 1 heterocycles. The van der Waals surface area contributed by atoms with Gasteiger partial charge in [0.05, 0.1) is 0 Å². The topological polar surface area (TPSA) is 46.0 Å². The van der Waals surface area contributed by atoms with Gasteiger partial charge in [-0.3, -0.25) is 4.98 Å². The summed E-state index contributed by atoms with van der Waals surface area (Å²) in [6.07, 6.45) is 0. The molecule has 0 bridgehead atoms. The number of nitrogens with one attached hydrogen (secondary N) is 1. The molecule has 0 aliphatic rings. The second kappa shape index (κ2) is 2.45. The third-order valence-electron chi connectivity index (χ3n) is 1.45. The van der Waals surface area contributed by atoms with Crippen LogP contribution in [0, 0.1) is 5.82 Å². The highest BCUT2D eigenvalue weighted by atomic mass is 79.9. The number of benzene rings is 1. The quantitative estimate of drug-likeness (QED) is 0.755. The monoisotopic (exact) mass is 231 g/mol. The molecule has 0 atom stereocenters. The lowest BCUT2D eigenvalue weighted by atomic mass is 10.3. The molecule has 0 saturated carbocycles. The van der Waals surface area contributed by atoms with Crippen molar-refractivity contribution in [1.82, 2.24) is 4.98 Å². The molecule has 0 aliphatic heterocycles. The number of hydrogen-bond acceptors (Lipinski definition) is 2. The van der Waals surface area contributed by atoms with Gasteiger partial charge in [-0.15, -0.1) is 0 Å². The summed E-state index contributed by atoms with van der Waals surface area (Å²) in [7, 11) is 0. The summed E-state index contributed by atoms with van der Waals surface area (Å²) in [5.74, 6) is -1.03. The number of halogens is 2. The highest BCUT2D eigenvalue weighted by Crippen LogP contribution is 2.22. The first-order valence-corrected chi connectivity index (χ1v) is 3.94. The van der Waals surface area contributed by atoms with Gasteiger partial charge < -0.3 is 4.42 Å². The summed E-state index contributed by atoms with van der Waals surface area (Å²) in [5, 5.41) is 0. The summed E-state index contributed by atoms with van der Waals surface area (Å²) >= 11 is 3.09. The van der Waals surface area contributed by atoms with E-state index in [2.05, 4.69) is 25.3 Å². The molecule has 0 spiro atoms. The SMILES string of the molecule is O=c1[nH]c2c(Br)cc(F)cc2o1. The van der Waals surface area contributed by atoms with Gasteiger partial charge in [0, 0.05) is 10.5 Å². The smallest absolute Gasteiger partial charge is 0.408 e. The fraction of sp³-hybridized carbons (Fsp3) is 0. The Morgan fingerprint density at radius 1 is 1.50 bits per heavy atom.